The van der Waals surface area contributed by atoms with Crippen molar-refractivity contribution in [3.63, 3.8) is 0 Å². The number of amides is 1. The SMILES string of the molecule is COc1ccc(C(=O)NCC(C)(C)c2ccccc2F)cc1OC(F)F. The largest absolute Gasteiger partial charge is 0.493 e. The molecular weight excluding hydrogens is 347 g/mol. The lowest BCUT2D eigenvalue weighted by Gasteiger charge is -2.26. The van der Waals surface area contributed by atoms with E-state index in [-0.39, 0.29) is 29.4 Å². The van der Waals surface area contributed by atoms with E-state index in [4.69, 9.17) is 4.74 Å². The van der Waals surface area contributed by atoms with Crippen LogP contribution >= 0.6 is 0 Å². The number of ether oxygens (including phenoxy) is 2. The van der Waals surface area contributed by atoms with Crippen LogP contribution in [-0.2, 0) is 5.41 Å². The third-order valence-electron chi connectivity index (χ3n) is 3.94. The summed E-state index contributed by atoms with van der Waals surface area (Å²) in [7, 11) is 1.31. The van der Waals surface area contributed by atoms with Crippen LogP contribution in [0.25, 0.3) is 0 Å². The maximum Gasteiger partial charge on any atom is 0.387 e. The van der Waals surface area contributed by atoms with Crippen molar-refractivity contribution in [2.24, 2.45) is 0 Å². The third-order valence-corrected chi connectivity index (χ3v) is 3.94. The lowest BCUT2D eigenvalue weighted by atomic mass is 9.84. The second kappa shape index (κ2) is 8.12. The quantitative estimate of drug-likeness (QED) is 0.800. The highest BCUT2D eigenvalue weighted by atomic mass is 19.3. The van der Waals surface area contributed by atoms with Gasteiger partial charge in [0, 0.05) is 17.5 Å². The number of hydrogen-bond donors (Lipinski definition) is 1. The summed E-state index contributed by atoms with van der Waals surface area (Å²) >= 11 is 0. The van der Waals surface area contributed by atoms with Crippen molar-refractivity contribution in [2.75, 3.05) is 13.7 Å². The molecule has 0 saturated heterocycles. The molecule has 0 unspecified atom stereocenters. The number of rotatable bonds is 7. The summed E-state index contributed by atoms with van der Waals surface area (Å²) in [4.78, 5) is 12.4. The molecule has 2 rings (SSSR count). The Morgan fingerprint density at radius 1 is 1.15 bits per heavy atom. The Morgan fingerprint density at radius 3 is 2.46 bits per heavy atom. The minimum Gasteiger partial charge on any atom is -0.493 e. The van der Waals surface area contributed by atoms with Gasteiger partial charge in [0.15, 0.2) is 11.5 Å². The van der Waals surface area contributed by atoms with E-state index in [9.17, 15) is 18.0 Å². The van der Waals surface area contributed by atoms with Crippen LogP contribution in [0.4, 0.5) is 13.2 Å². The van der Waals surface area contributed by atoms with Crippen LogP contribution in [0.2, 0.25) is 0 Å². The monoisotopic (exact) mass is 367 g/mol. The highest BCUT2D eigenvalue weighted by molar-refractivity contribution is 5.95. The highest BCUT2D eigenvalue weighted by Gasteiger charge is 2.25. The maximum atomic E-state index is 14.0. The summed E-state index contributed by atoms with van der Waals surface area (Å²) in [5, 5.41) is 2.69. The molecule has 0 atom stereocenters. The molecular formula is C19H20F3NO3. The molecule has 0 aromatic heterocycles. The van der Waals surface area contributed by atoms with Crippen molar-refractivity contribution in [1.82, 2.24) is 5.32 Å². The van der Waals surface area contributed by atoms with Gasteiger partial charge in [-0.3, -0.25) is 4.79 Å². The lowest BCUT2D eigenvalue weighted by molar-refractivity contribution is -0.0512. The van der Waals surface area contributed by atoms with Crippen molar-refractivity contribution in [2.45, 2.75) is 25.9 Å². The summed E-state index contributed by atoms with van der Waals surface area (Å²) in [5.74, 6) is -0.989. The molecule has 1 amide bonds. The van der Waals surface area contributed by atoms with E-state index in [0.717, 1.165) is 0 Å². The summed E-state index contributed by atoms with van der Waals surface area (Å²) in [5.41, 5.74) is -0.0574. The van der Waals surface area contributed by atoms with Crippen LogP contribution in [0.5, 0.6) is 11.5 Å². The molecule has 0 bridgehead atoms. The Labute approximate surface area is 149 Å². The van der Waals surface area contributed by atoms with Gasteiger partial charge in [0.1, 0.15) is 5.82 Å². The first-order chi connectivity index (χ1) is 12.2. The van der Waals surface area contributed by atoms with E-state index in [1.807, 2.05) is 0 Å². The predicted octanol–water partition coefficient (Wildman–Crippen LogP) is 4.14. The molecule has 0 radical (unpaired) electrons. The molecule has 4 nitrogen and oxygen atoms in total. The van der Waals surface area contributed by atoms with Gasteiger partial charge < -0.3 is 14.8 Å². The molecule has 0 saturated carbocycles. The average Bonchev–Trinajstić information content (AvgIpc) is 2.59. The molecule has 7 heteroatoms. The van der Waals surface area contributed by atoms with Crippen LogP contribution in [0.15, 0.2) is 42.5 Å². The zero-order valence-electron chi connectivity index (χ0n) is 14.7. The molecule has 0 aliphatic rings. The van der Waals surface area contributed by atoms with E-state index in [0.29, 0.717) is 5.56 Å². The lowest BCUT2D eigenvalue weighted by Crippen LogP contribution is -2.37. The smallest absolute Gasteiger partial charge is 0.387 e. The van der Waals surface area contributed by atoms with E-state index >= 15 is 0 Å². The topological polar surface area (TPSA) is 47.6 Å². The van der Waals surface area contributed by atoms with Crippen LogP contribution < -0.4 is 14.8 Å². The second-order valence-electron chi connectivity index (χ2n) is 6.29. The van der Waals surface area contributed by atoms with Gasteiger partial charge in [-0.25, -0.2) is 4.39 Å². The van der Waals surface area contributed by atoms with Gasteiger partial charge in [-0.2, -0.15) is 8.78 Å². The molecule has 0 aliphatic carbocycles. The number of hydrogen-bond acceptors (Lipinski definition) is 3. The Bertz CT molecular complexity index is 778. The second-order valence-corrected chi connectivity index (χ2v) is 6.29. The standard InChI is InChI=1S/C19H20F3NO3/c1-19(2,13-6-4-5-7-14(13)20)11-23-17(24)12-8-9-15(25-3)16(10-12)26-18(21)22/h4-10,18H,11H2,1-3H3,(H,23,24). The molecule has 0 aliphatic heterocycles. The molecule has 1 N–H and O–H groups in total. The number of nitrogens with one attached hydrogen (secondary N) is 1. The predicted molar refractivity (Wildman–Crippen MR) is 91.4 cm³/mol. The van der Waals surface area contributed by atoms with E-state index in [1.165, 1.54) is 31.4 Å². The first-order valence-corrected chi connectivity index (χ1v) is 7.90. The van der Waals surface area contributed by atoms with Gasteiger partial charge >= 0.3 is 6.61 Å². The van der Waals surface area contributed by atoms with Gasteiger partial charge in [-0.05, 0) is 29.8 Å². The summed E-state index contributed by atoms with van der Waals surface area (Å²) in [6.07, 6.45) is 0. The fourth-order valence-electron chi connectivity index (χ4n) is 2.51. The zero-order valence-corrected chi connectivity index (χ0v) is 14.7. The van der Waals surface area contributed by atoms with Gasteiger partial charge in [0.2, 0.25) is 0 Å². The Hall–Kier alpha value is -2.70. The van der Waals surface area contributed by atoms with E-state index < -0.39 is 17.9 Å². The Morgan fingerprint density at radius 2 is 1.85 bits per heavy atom. The van der Waals surface area contributed by atoms with Crippen molar-refractivity contribution in [3.05, 3.63) is 59.4 Å². The van der Waals surface area contributed by atoms with Gasteiger partial charge in [0.05, 0.1) is 7.11 Å². The average molecular weight is 367 g/mol. The van der Waals surface area contributed by atoms with Crippen molar-refractivity contribution in [3.8, 4) is 11.5 Å². The van der Waals surface area contributed by atoms with E-state index in [2.05, 4.69) is 10.1 Å². The minimum absolute atomic E-state index is 0.0912. The summed E-state index contributed by atoms with van der Waals surface area (Å²) < 4.78 is 48.3. The fourth-order valence-corrected chi connectivity index (χ4v) is 2.51. The fraction of sp³-hybridized carbons (Fsp3) is 0.316. The first-order valence-electron chi connectivity index (χ1n) is 7.90. The molecule has 0 heterocycles. The first kappa shape index (κ1) is 19.6. The van der Waals surface area contributed by atoms with E-state index in [1.54, 1.807) is 32.0 Å². The maximum absolute atomic E-state index is 14.0. The van der Waals surface area contributed by atoms with Crippen LogP contribution in [0.3, 0.4) is 0 Å². The van der Waals surface area contributed by atoms with Crippen molar-refractivity contribution >= 4 is 5.91 Å². The number of benzene rings is 2. The van der Waals surface area contributed by atoms with Crippen LogP contribution in [-0.4, -0.2) is 26.2 Å². The van der Waals surface area contributed by atoms with Gasteiger partial charge in [-0.15, -0.1) is 0 Å². The third kappa shape index (κ3) is 4.68. The summed E-state index contributed by atoms with van der Waals surface area (Å²) in [6, 6.07) is 10.3. The van der Waals surface area contributed by atoms with Crippen molar-refractivity contribution < 1.29 is 27.4 Å². The summed E-state index contributed by atoms with van der Waals surface area (Å²) in [6.45, 7) is 0.710. The normalized spacial score (nSPS) is 11.3. The molecule has 26 heavy (non-hydrogen) atoms. The Balaban J connectivity index is 2.13. The molecule has 2 aromatic carbocycles. The number of carbonyl (C=O) groups excluding carboxylic acids is 1. The van der Waals surface area contributed by atoms with Crippen LogP contribution in [0.1, 0.15) is 29.8 Å². The van der Waals surface area contributed by atoms with Gasteiger partial charge in [-0.1, -0.05) is 32.0 Å². The molecule has 0 spiro atoms. The van der Waals surface area contributed by atoms with Crippen LogP contribution in [0, 0.1) is 5.82 Å². The number of methoxy groups -OCH3 is 1. The number of alkyl halides is 2. The Kier molecular flexibility index (Phi) is 6.13. The molecule has 140 valence electrons. The molecule has 2 aromatic rings. The molecule has 0 fully saturated rings. The van der Waals surface area contributed by atoms with Gasteiger partial charge in [0.25, 0.3) is 5.91 Å². The number of carbonyl (C=O) groups is 1. The highest BCUT2D eigenvalue weighted by Crippen LogP contribution is 2.30. The minimum atomic E-state index is -3.04. The zero-order chi connectivity index (χ0) is 19.3. The van der Waals surface area contributed by atoms with Crippen molar-refractivity contribution in [1.29, 1.82) is 0 Å². The number of halogens is 3.